The predicted octanol–water partition coefficient (Wildman–Crippen LogP) is 3.64. The molecule has 0 saturated carbocycles. The lowest BCUT2D eigenvalue weighted by atomic mass is 10.2. The van der Waals surface area contributed by atoms with Crippen LogP contribution in [0.1, 0.15) is 17.0 Å². The van der Waals surface area contributed by atoms with Crippen molar-refractivity contribution in [1.29, 1.82) is 0 Å². The summed E-state index contributed by atoms with van der Waals surface area (Å²) in [6.07, 6.45) is 3.52. The van der Waals surface area contributed by atoms with Gasteiger partial charge in [-0.15, -0.1) is 0 Å². The Hall–Kier alpha value is -3.52. The van der Waals surface area contributed by atoms with E-state index in [0.717, 1.165) is 11.3 Å². The molecule has 2 aromatic heterocycles. The lowest BCUT2D eigenvalue weighted by Gasteiger charge is -2.27. The molecule has 0 aliphatic rings. The molecule has 170 valence electrons. The minimum atomic E-state index is -0.351. The molecular weight excluding hydrogens is 408 g/mol. The molecule has 0 unspecified atom stereocenters. The highest BCUT2D eigenvalue weighted by molar-refractivity contribution is 5.92. The molecule has 3 aromatic rings. The fourth-order valence-corrected chi connectivity index (χ4v) is 3.24. The molecule has 0 atom stereocenters. The van der Waals surface area contributed by atoms with Crippen LogP contribution in [-0.2, 0) is 29.7 Å². The SMILES string of the molecule is COCCN(CC(=O)N(Cc1ccco1)Cc1cccn1C)C(=O)Nc1ccc(C)cc1. The number of ether oxygens (including phenoxy) is 1. The van der Waals surface area contributed by atoms with Crippen LogP contribution in [0.25, 0.3) is 0 Å². The molecule has 0 spiro atoms. The van der Waals surface area contributed by atoms with Gasteiger partial charge in [0.1, 0.15) is 12.3 Å². The zero-order valence-corrected chi connectivity index (χ0v) is 18.8. The third-order valence-electron chi connectivity index (χ3n) is 5.17. The highest BCUT2D eigenvalue weighted by Crippen LogP contribution is 2.13. The molecule has 0 fully saturated rings. The van der Waals surface area contributed by atoms with E-state index < -0.39 is 0 Å². The van der Waals surface area contributed by atoms with Crippen LogP contribution < -0.4 is 5.32 Å². The number of anilines is 1. The van der Waals surface area contributed by atoms with E-state index in [9.17, 15) is 9.59 Å². The number of aromatic nitrogens is 1. The number of methoxy groups -OCH3 is 1. The first kappa shape index (κ1) is 23.1. The van der Waals surface area contributed by atoms with Crippen molar-refractivity contribution in [1.82, 2.24) is 14.4 Å². The molecule has 2 heterocycles. The van der Waals surface area contributed by atoms with E-state index in [1.807, 2.05) is 67.2 Å². The Labute approximate surface area is 188 Å². The molecule has 8 heteroatoms. The quantitative estimate of drug-likeness (QED) is 0.524. The molecule has 0 bridgehead atoms. The van der Waals surface area contributed by atoms with E-state index in [0.29, 0.717) is 37.7 Å². The molecule has 1 aromatic carbocycles. The minimum Gasteiger partial charge on any atom is -0.467 e. The van der Waals surface area contributed by atoms with Gasteiger partial charge < -0.3 is 28.8 Å². The van der Waals surface area contributed by atoms with E-state index in [1.54, 1.807) is 24.3 Å². The van der Waals surface area contributed by atoms with Crippen LogP contribution in [0.2, 0.25) is 0 Å². The highest BCUT2D eigenvalue weighted by Gasteiger charge is 2.23. The van der Waals surface area contributed by atoms with Crippen molar-refractivity contribution < 1.29 is 18.7 Å². The molecule has 8 nitrogen and oxygen atoms in total. The third-order valence-corrected chi connectivity index (χ3v) is 5.17. The van der Waals surface area contributed by atoms with Gasteiger partial charge in [0.25, 0.3) is 0 Å². The lowest BCUT2D eigenvalue weighted by molar-refractivity contribution is -0.133. The number of urea groups is 1. The number of carbonyl (C=O) groups excluding carboxylic acids is 2. The summed E-state index contributed by atoms with van der Waals surface area (Å²) >= 11 is 0. The van der Waals surface area contributed by atoms with Crippen LogP contribution in [-0.4, -0.2) is 53.1 Å². The Morgan fingerprint density at radius 2 is 1.84 bits per heavy atom. The number of aryl methyl sites for hydroxylation is 2. The summed E-state index contributed by atoms with van der Waals surface area (Å²) in [6.45, 7) is 3.24. The predicted molar refractivity (Wildman–Crippen MR) is 122 cm³/mol. The number of rotatable bonds is 10. The topological polar surface area (TPSA) is 80.0 Å². The second-order valence-corrected chi connectivity index (χ2v) is 7.65. The van der Waals surface area contributed by atoms with Crippen LogP contribution in [0.4, 0.5) is 10.5 Å². The standard InChI is InChI=1S/C24H30N4O4/c1-19-8-10-20(11-9-19)25-24(30)27(13-15-31-3)18-23(29)28(17-22-7-5-14-32-22)16-21-6-4-12-26(21)2/h4-12,14H,13,15-18H2,1-3H3,(H,25,30). The summed E-state index contributed by atoms with van der Waals surface area (Å²) in [6, 6.07) is 14.7. The Morgan fingerprint density at radius 1 is 1.06 bits per heavy atom. The molecule has 0 radical (unpaired) electrons. The van der Waals surface area contributed by atoms with Crippen molar-refractivity contribution in [2.24, 2.45) is 7.05 Å². The average molecular weight is 439 g/mol. The maximum atomic E-state index is 13.3. The van der Waals surface area contributed by atoms with Crippen molar-refractivity contribution in [3.8, 4) is 0 Å². The summed E-state index contributed by atoms with van der Waals surface area (Å²) in [4.78, 5) is 29.4. The van der Waals surface area contributed by atoms with Gasteiger partial charge in [-0.1, -0.05) is 17.7 Å². The van der Waals surface area contributed by atoms with Crippen molar-refractivity contribution in [3.63, 3.8) is 0 Å². The maximum Gasteiger partial charge on any atom is 0.322 e. The van der Waals surface area contributed by atoms with Crippen LogP contribution in [0, 0.1) is 6.92 Å². The number of furan rings is 1. The normalized spacial score (nSPS) is 10.7. The van der Waals surface area contributed by atoms with Crippen LogP contribution in [0.3, 0.4) is 0 Å². The molecule has 3 rings (SSSR count). The second-order valence-electron chi connectivity index (χ2n) is 7.65. The van der Waals surface area contributed by atoms with Gasteiger partial charge in [0, 0.05) is 38.3 Å². The van der Waals surface area contributed by atoms with Gasteiger partial charge in [-0.3, -0.25) is 4.79 Å². The highest BCUT2D eigenvalue weighted by atomic mass is 16.5. The number of carbonyl (C=O) groups is 2. The summed E-state index contributed by atoms with van der Waals surface area (Å²) in [7, 11) is 3.50. The number of nitrogens with zero attached hydrogens (tertiary/aromatic N) is 3. The Kier molecular flexibility index (Phi) is 8.10. The number of benzene rings is 1. The van der Waals surface area contributed by atoms with Gasteiger partial charge >= 0.3 is 6.03 Å². The van der Waals surface area contributed by atoms with E-state index in [1.165, 1.54) is 4.90 Å². The van der Waals surface area contributed by atoms with Gasteiger partial charge in [-0.25, -0.2) is 4.79 Å². The number of hydrogen-bond donors (Lipinski definition) is 1. The van der Waals surface area contributed by atoms with Crippen LogP contribution >= 0.6 is 0 Å². The molecule has 32 heavy (non-hydrogen) atoms. The monoisotopic (exact) mass is 438 g/mol. The van der Waals surface area contributed by atoms with Gasteiger partial charge in [-0.05, 0) is 43.3 Å². The first-order chi connectivity index (χ1) is 15.5. The smallest absolute Gasteiger partial charge is 0.322 e. The molecule has 0 saturated heterocycles. The lowest BCUT2D eigenvalue weighted by Crippen LogP contribution is -2.45. The first-order valence-electron chi connectivity index (χ1n) is 10.5. The van der Waals surface area contributed by atoms with Gasteiger partial charge in [-0.2, -0.15) is 0 Å². The van der Waals surface area contributed by atoms with Crippen molar-refractivity contribution in [2.45, 2.75) is 20.0 Å². The van der Waals surface area contributed by atoms with E-state index in [4.69, 9.17) is 9.15 Å². The summed E-state index contributed by atoms with van der Waals surface area (Å²) < 4.78 is 12.6. The van der Waals surface area contributed by atoms with Crippen LogP contribution in [0.5, 0.6) is 0 Å². The number of hydrogen-bond acceptors (Lipinski definition) is 4. The van der Waals surface area contributed by atoms with Crippen molar-refractivity contribution in [3.05, 3.63) is 78.0 Å². The number of nitrogens with one attached hydrogen (secondary N) is 1. The zero-order valence-electron chi connectivity index (χ0n) is 18.8. The maximum absolute atomic E-state index is 13.3. The van der Waals surface area contributed by atoms with Gasteiger partial charge in [0.05, 0.1) is 26.0 Å². The summed E-state index contributed by atoms with van der Waals surface area (Å²) in [5.41, 5.74) is 2.76. The Bertz CT molecular complexity index is 995. The number of amides is 3. The molecule has 1 N–H and O–H groups in total. The largest absolute Gasteiger partial charge is 0.467 e. The van der Waals surface area contributed by atoms with E-state index >= 15 is 0 Å². The Balaban J connectivity index is 1.73. The summed E-state index contributed by atoms with van der Waals surface area (Å²) in [5.74, 6) is 0.498. The fraction of sp³-hybridized carbons (Fsp3) is 0.333. The zero-order chi connectivity index (χ0) is 22.9. The van der Waals surface area contributed by atoms with Crippen molar-refractivity contribution in [2.75, 3.05) is 32.1 Å². The minimum absolute atomic E-state index is 0.0772. The molecular formula is C24H30N4O4. The molecule has 0 aliphatic heterocycles. The van der Waals surface area contributed by atoms with Crippen molar-refractivity contribution >= 4 is 17.6 Å². The second kappa shape index (κ2) is 11.2. The fourth-order valence-electron chi connectivity index (χ4n) is 3.24. The third kappa shape index (κ3) is 6.49. The van der Waals surface area contributed by atoms with Crippen LogP contribution in [0.15, 0.2) is 65.4 Å². The molecule has 3 amide bonds. The molecule has 0 aliphatic carbocycles. The average Bonchev–Trinajstić information content (AvgIpc) is 3.44. The van der Waals surface area contributed by atoms with Gasteiger partial charge in [0.15, 0.2) is 0 Å². The van der Waals surface area contributed by atoms with E-state index in [-0.39, 0.29) is 18.5 Å². The summed E-state index contributed by atoms with van der Waals surface area (Å²) in [5, 5.41) is 2.86. The van der Waals surface area contributed by atoms with Gasteiger partial charge in [0.2, 0.25) is 5.91 Å². The Morgan fingerprint density at radius 3 is 2.47 bits per heavy atom. The first-order valence-corrected chi connectivity index (χ1v) is 10.5. The van der Waals surface area contributed by atoms with E-state index in [2.05, 4.69) is 5.32 Å².